The van der Waals surface area contributed by atoms with Crippen LogP contribution in [0.3, 0.4) is 0 Å². The molecule has 2 nitrogen and oxygen atoms in total. The van der Waals surface area contributed by atoms with Crippen molar-refractivity contribution in [1.29, 1.82) is 0 Å². The van der Waals surface area contributed by atoms with Crippen LogP contribution in [0.2, 0.25) is 0 Å². The smallest absolute Gasteiger partial charge is 0.0223 e. The third-order valence-electron chi connectivity index (χ3n) is 6.04. The molecule has 3 fully saturated rings. The van der Waals surface area contributed by atoms with E-state index in [2.05, 4.69) is 17.1 Å². The molecule has 0 aromatic rings. The number of piperazine rings is 1. The highest BCUT2D eigenvalue weighted by Gasteiger charge is 2.43. The van der Waals surface area contributed by atoms with Crippen LogP contribution in [0.15, 0.2) is 0 Å². The van der Waals surface area contributed by atoms with Gasteiger partial charge < -0.3 is 5.32 Å². The first kappa shape index (κ1) is 12.9. The Hall–Kier alpha value is -0.0800. The van der Waals surface area contributed by atoms with E-state index in [0.29, 0.717) is 5.54 Å². The lowest BCUT2D eigenvalue weighted by Gasteiger charge is -2.54. The second-order valence-electron chi connectivity index (χ2n) is 6.84. The lowest BCUT2D eigenvalue weighted by atomic mass is 9.72. The molecule has 3 rings (SSSR count). The normalized spacial score (nSPS) is 34.2. The van der Waals surface area contributed by atoms with Crippen molar-refractivity contribution in [3.63, 3.8) is 0 Å². The molecule has 2 aliphatic carbocycles. The first-order valence-electron chi connectivity index (χ1n) is 8.32. The summed E-state index contributed by atoms with van der Waals surface area (Å²) in [5, 5.41) is 3.82. The second kappa shape index (κ2) is 5.50. The molecule has 1 heterocycles. The monoisotopic (exact) mass is 250 g/mol. The Labute approximate surface area is 113 Å². The first-order chi connectivity index (χ1) is 8.84. The van der Waals surface area contributed by atoms with E-state index < -0.39 is 0 Å². The van der Waals surface area contributed by atoms with Gasteiger partial charge in [-0.3, -0.25) is 4.90 Å². The predicted octanol–water partition coefficient (Wildman–Crippen LogP) is 3.17. The van der Waals surface area contributed by atoms with Gasteiger partial charge >= 0.3 is 0 Å². The summed E-state index contributed by atoms with van der Waals surface area (Å²) in [6.07, 6.45) is 13.1. The van der Waals surface area contributed by atoms with E-state index in [9.17, 15) is 0 Å². The fraction of sp³-hybridized carbons (Fsp3) is 1.00. The predicted molar refractivity (Wildman–Crippen MR) is 76.8 cm³/mol. The summed E-state index contributed by atoms with van der Waals surface area (Å²) in [4.78, 5) is 2.85. The van der Waals surface area contributed by atoms with Crippen molar-refractivity contribution in [3.05, 3.63) is 0 Å². The van der Waals surface area contributed by atoms with Crippen LogP contribution in [0.25, 0.3) is 0 Å². The number of nitrogens with one attached hydrogen (secondary N) is 1. The van der Waals surface area contributed by atoms with Crippen molar-refractivity contribution < 1.29 is 0 Å². The largest absolute Gasteiger partial charge is 0.311 e. The van der Waals surface area contributed by atoms with Gasteiger partial charge in [0, 0.05) is 31.2 Å². The summed E-state index contributed by atoms with van der Waals surface area (Å²) >= 11 is 0. The second-order valence-corrected chi connectivity index (χ2v) is 6.84. The Morgan fingerprint density at radius 2 is 1.89 bits per heavy atom. The van der Waals surface area contributed by atoms with Gasteiger partial charge in [-0.15, -0.1) is 0 Å². The van der Waals surface area contributed by atoms with E-state index in [1.54, 1.807) is 0 Å². The van der Waals surface area contributed by atoms with Crippen LogP contribution in [-0.2, 0) is 0 Å². The van der Waals surface area contributed by atoms with Crippen LogP contribution in [-0.4, -0.2) is 36.1 Å². The van der Waals surface area contributed by atoms with Crippen LogP contribution in [0.1, 0.15) is 64.7 Å². The van der Waals surface area contributed by atoms with Gasteiger partial charge in [0.2, 0.25) is 0 Å². The maximum atomic E-state index is 3.82. The molecule has 104 valence electrons. The Bertz CT molecular complexity index is 261. The molecular weight excluding hydrogens is 220 g/mol. The number of nitrogens with zero attached hydrogens (tertiary/aromatic N) is 1. The summed E-state index contributed by atoms with van der Waals surface area (Å²) in [5.74, 6) is 0.968. The summed E-state index contributed by atoms with van der Waals surface area (Å²) in [5.41, 5.74) is 0.606. The summed E-state index contributed by atoms with van der Waals surface area (Å²) in [7, 11) is 0. The molecule has 3 aliphatic rings. The minimum atomic E-state index is 0.606. The van der Waals surface area contributed by atoms with Crippen LogP contribution in [0.5, 0.6) is 0 Å². The molecule has 18 heavy (non-hydrogen) atoms. The van der Waals surface area contributed by atoms with Gasteiger partial charge in [0.25, 0.3) is 0 Å². The van der Waals surface area contributed by atoms with Gasteiger partial charge in [0.05, 0.1) is 0 Å². The first-order valence-corrected chi connectivity index (χ1v) is 8.32. The molecule has 2 saturated carbocycles. The molecule has 1 unspecified atom stereocenters. The van der Waals surface area contributed by atoms with Gasteiger partial charge in [-0.2, -0.15) is 0 Å². The minimum absolute atomic E-state index is 0.606. The van der Waals surface area contributed by atoms with Crippen molar-refractivity contribution in [3.8, 4) is 0 Å². The highest BCUT2D eigenvalue weighted by atomic mass is 15.3. The Morgan fingerprint density at radius 3 is 2.50 bits per heavy atom. The lowest BCUT2D eigenvalue weighted by molar-refractivity contribution is -0.0167. The van der Waals surface area contributed by atoms with Gasteiger partial charge in [-0.05, 0) is 44.4 Å². The maximum Gasteiger partial charge on any atom is 0.0223 e. The van der Waals surface area contributed by atoms with E-state index in [4.69, 9.17) is 0 Å². The van der Waals surface area contributed by atoms with Gasteiger partial charge in [-0.25, -0.2) is 0 Å². The molecule has 0 bridgehead atoms. The molecular formula is C16H30N2. The third kappa shape index (κ3) is 2.34. The van der Waals surface area contributed by atoms with Gasteiger partial charge in [0.15, 0.2) is 0 Å². The Morgan fingerprint density at radius 1 is 1.11 bits per heavy atom. The quantitative estimate of drug-likeness (QED) is 0.827. The highest BCUT2D eigenvalue weighted by molar-refractivity contribution is 5.00. The zero-order valence-corrected chi connectivity index (χ0v) is 12.1. The molecule has 2 heteroatoms. The van der Waals surface area contributed by atoms with Crippen LogP contribution < -0.4 is 5.32 Å². The topological polar surface area (TPSA) is 15.3 Å². The van der Waals surface area contributed by atoms with Crippen LogP contribution in [0, 0.1) is 5.92 Å². The van der Waals surface area contributed by atoms with E-state index in [1.807, 2.05) is 0 Å². The van der Waals surface area contributed by atoms with Crippen LogP contribution in [0.4, 0.5) is 0 Å². The van der Waals surface area contributed by atoms with Crippen molar-refractivity contribution in [2.45, 2.75) is 76.3 Å². The van der Waals surface area contributed by atoms with Crippen molar-refractivity contribution in [2.24, 2.45) is 5.92 Å². The van der Waals surface area contributed by atoms with Crippen LogP contribution >= 0.6 is 0 Å². The van der Waals surface area contributed by atoms with E-state index in [1.165, 1.54) is 77.4 Å². The van der Waals surface area contributed by atoms with Crippen molar-refractivity contribution >= 4 is 0 Å². The lowest BCUT2D eigenvalue weighted by Crippen LogP contribution is -2.63. The molecule has 0 amide bonds. The average Bonchev–Trinajstić information content (AvgIpc) is 2.40. The molecule has 0 aromatic heterocycles. The molecule has 0 aromatic carbocycles. The molecule has 1 N–H and O–H groups in total. The van der Waals surface area contributed by atoms with E-state index in [0.717, 1.165) is 12.0 Å². The molecule has 1 aliphatic heterocycles. The SMILES string of the molecule is CCC1(N2CCNC(C3CCCCC3)C2)CCC1. The highest BCUT2D eigenvalue weighted by Crippen LogP contribution is 2.41. The zero-order chi connectivity index (χ0) is 12.4. The number of hydrogen-bond acceptors (Lipinski definition) is 2. The standard InChI is InChI=1S/C16H30N2/c1-2-16(9-6-10-16)18-12-11-17-15(13-18)14-7-4-3-5-8-14/h14-15,17H,2-13H2,1H3. The molecule has 0 radical (unpaired) electrons. The summed E-state index contributed by atoms with van der Waals surface area (Å²) in [6.45, 7) is 6.25. The minimum Gasteiger partial charge on any atom is -0.311 e. The molecule has 1 saturated heterocycles. The third-order valence-corrected chi connectivity index (χ3v) is 6.04. The fourth-order valence-corrected chi connectivity index (χ4v) is 4.54. The Balaban J connectivity index is 1.60. The molecule has 1 atom stereocenters. The molecule has 0 spiro atoms. The maximum absolute atomic E-state index is 3.82. The Kier molecular flexibility index (Phi) is 3.95. The zero-order valence-electron chi connectivity index (χ0n) is 12.1. The van der Waals surface area contributed by atoms with Gasteiger partial charge in [0.1, 0.15) is 0 Å². The number of hydrogen-bond donors (Lipinski definition) is 1. The van der Waals surface area contributed by atoms with Crippen molar-refractivity contribution in [2.75, 3.05) is 19.6 Å². The van der Waals surface area contributed by atoms with E-state index >= 15 is 0 Å². The number of rotatable bonds is 3. The fourth-order valence-electron chi connectivity index (χ4n) is 4.54. The summed E-state index contributed by atoms with van der Waals surface area (Å²) < 4.78 is 0. The van der Waals surface area contributed by atoms with Gasteiger partial charge in [-0.1, -0.05) is 26.2 Å². The average molecular weight is 250 g/mol. The van der Waals surface area contributed by atoms with E-state index in [-0.39, 0.29) is 0 Å². The van der Waals surface area contributed by atoms with Crippen molar-refractivity contribution in [1.82, 2.24) is 10.2 Å². The summed E-state index contributed by atoms with van der Waals surface area (Å²) in [6, 6.07) is 0.795.